The molecule has 0 amide bonds. The van der Waals surface area contributed by atoms with Crippen molar-refractivity contribution in [3.8, 4) is 5.75 Å². The predicted molar refractivity (Wildman–Crippen MR) is 82.6 cm³/mol. The lowest BCUT2D eigenvalue weighted by molar-refractivity contribution is 0.263. The Balaban J connectivity index is 2.99. The van der Waals surface area contributed by atoms with Gasteiger partial charge in [-0.3, -0.25) is 0 Å². The van der Waals surface area contributed by atoms with E-state index in [1.165, 1.54) is 13.2 Å². The maximum Gasteiger partial charge on any atom is 0.192 e. The highest BCUT2D eigenvalue weighted by Gasteiger charge is 2.37. The molecular weight excluding hydrogens is 327 g/mol. The summed E-state index contributed by atoms with van der Waals surface area (Å²) in [6, 6.07) is 3.07. The Morgan fingerprint density at radius 3 is 2.32 bits per heavy atom. The van der Waals surface area contributed by atoms with Crippen molar-refractivity contribution in [3.05, 3.63) is 28.0 Å². The number of hydrogen-bond acceptors (Lipinski definition) is 2. The summed E-state index contributed by atoms with van der Waals surface area (Å²) in [6.45, 7) is 11.0. The molecule has 0 atom stereocenters. The Morgan fingerprint density at radius 1 is 1.26 bits per heavy atom. The van der Waals surface area contributed by atoms with Crippen molar-refractivity contribution in [1.82, 2.24) is 0 Å². The smallest absolute Gasteiger partial charge is 0.192 e. The second-order valence-corrected chi connectivity index (χ2v) is 11.8. The Kier molecular flexibility index (Phi) is 5.20. The molecule has 5 heteroatoms. The van der Waals surface area contributed by atoms with Gasteiger partial charge in [0.2, 0.25) is 0 Å². The highest BCUT2D eigenvalue weighted by atomic mass is 79.9. The van der Waals surface area contributed by atoms with Gasteiger partial charge in [-0.15, -0.1) is 0 Å². The van der Waals surface area contributed by atoms with Crippen LogP contribution >= 0.6 is 15.9 Å². The molecule has 0 saturated carbocycles. The molecule has 0 saturated heterocycles. The van der Waals surface area contributed by atoms with Crippen LogP contribution in [0.25, 0.3) is 0 Å². The summed E-state index contributed by atoms with van der Waals surface area (Å²) in [6.07, 6.45) is 0. The van der Waals surface area contributed by atoms with Crippen LogP contribution in [-0.2, 0) is 11.0 Å². The molecule has 0 bridgehead atoms. The van der Waals surface area contributed by atoms with Crippen LogP contribution < -0.4 is 4.74 Å². The van der Waals surface area contributed by atoms with E-state index in [9.17, 15) is 4.39 Å². The fourth-order valence-corrected chi connectivity index (χ4v) is 2.87. The van der Waals surface area contributed by atoms with Crippen LogP contribution in [0.2, 0.25) is 18.1 Å². The summed E-state index contributed by atoms with van der Waals surface area (Å²) in [5, 5.41) is 0.0999. The van der Waals surface area contributed by atoms with Crippen LogP contribution in [0.4, 0.5) is 4.39 Å². The lowest BCUT2D eigenvalue weighted by atomic mass is 10.2. The largest absolute Gasteiger partial charge is 0.495 e. The molecule has 0 aliphatic carbocycles. The molecule has 0 aliphatic rings. The summed E-state index contributed by atoms with van der Waals surface area (Å²) in [7, 11) is -0.364. The topological polar surface area (TPSA) is 18.5 Å². The zero-order valence-electron chi connectivity index (χ0n) is 12.4. The van der Waals surface area contributed by atoms with Gasteiger partial charge in [-0.25, -0.2) is 4.39 Å². The molecule has 0 aliphatic heterocycles. The third-order valence-electron chi connectivity index (χ3n) is 3.74. The number of hydrogen-bond donors (Lipinski definition) is 0. The minimum absolute atomic E-state index is 0.0999. The lowest BCUT2D eigenvalue weighted by Gasteiger charge is -2.36. The Labute approximate surface area is 124 Å². The zero-order valence-corrected chi connectivity index (χ0v) is 15.0. The molecule has 0 radical (unpaired) electrons. The monoisotopic (exact) mass is 348 g/mol. The Bertz CT molecular complexity index is 455. The fraction of sp³-hybridized carbons (Fsp3) is 0.571. The first-order valence-corrected chi connectivity index (χ1v) is 9.95. The molecule has 0 heterocycles. The van der Waals surface area contributed by atoms with E-state index in [1.54, 1.807) is 6.07 Å². The summed E-state index contributed by atoms with van der Waals surface area (Å²) in [5.74, 6) is 0.220. The van der Waals surface area contributed by atoms with Gasteiger partial charge in [-0.05, 0) is 46.2 Å². The third-order valence-corrected chi connectivity index (χ3v) is 8.85. The molecule has 0 fully saturated rings. The van der Waals surface area contributed by atoms with Gasteiger partial charge in [0.1, 0.15) is 11.6 Å². The van der Waals surface area contributed by atoms with E-state index in [1.807, 2.05) is 0 Å². The van der Waals surface area contributed by atoms with Crippen LogP contribution in [0.1, 0.15) is 26.3 Å². The highest BCUT2D eigenvalue weighted by Crippen LogP contribution is 2.38. The van der Waals surface area contributed by atoms with E-state index in [0.29, 0.717) is 11.3 Å². The van der Waals surface area contributed by atoms with Crippen LogP contribution in [-0.4, -0.2) is 15.4 Å². The van der Waals surface area contributed by atoms with E-state index in [-0.39, 0.29) is 17.5 Å². The van der Waals surface area contributed by atoms with E-state index in [0.717, 1.165) is 4.47 Å². The average Bonchev–Trinajstić information content (AvgIpc) is 2.28. The van der Waals surface area contributed by atoms with Crippen molar-refractivity contribution in [1.29, 1.82) is 0 Å². The number of ether oxygens (including phenoxy) is 1. The van der Waals surface area contributed by atoms with Crippen molar-refractivity contribution >= 4 is 24.2 Å². The van der Waals surface area contributed by atoms with Gasteiger partial charge in [0.25, 0.3) is 0 Å². The summed E-state index contributed by atoms with van der Waals surface area (Å²) >= 11 is 3.37. The zero-order chi connectivity index (χ0) is 14.8. The molecule has 0 unspecified atom stereocenters. The first-order chi connectivity index (χ1) is 8.60. The van der Waals surface area contributed by atoms with Gasteiger partial charge < -0.3 is 9.16 Å². The number of benzene rings is 1. The first kappa shape index (κ1) is 16.7. The maximum atomic E-state index is 13.9. The molecule has 19 heavy (non-hydrogen) atoms. The van der Waals surface area contributed by atoms with E-state index >= 15 is 0 Å². The van der Waals surface area contributed by atoms with Gasteiger partial charge in [0.15, 0.2) is 8.32 Å². The molecule has 0 N–H and O–H groups in total. The van der Waals surface area contributed by atoms with Crippen molar-refractivity contribution < 1.29 is 13.6 Å². The molecule has 108 valence electrons. The third kappa shape index (κ3) is 3.80. The minimum atomic E-state index is -1.90. The SMILES string of the molecule is COc1c(Br)ccc(F)c1CO[Si](C)(C)C(C)(C)C. The van der Waals surface area contributed by atoms with Crippen LogP contribution in [0.3, 0.4) is 0 Å². The van der Waals surface area contributed by atoms with Crippen LogP contribution in [0.15, 0.2) is 16.6 Å². The van der Waals surface area contributed by atoms with Gasteiger partial charge in [-0.2, -0.15) is 0 Å². The van der Waals surface area contributed by atoms with Gasteiger partial charge in [0, 0.05) is 0 Å². The second kappa shape index (κ2) is 5.93. The molecule has 2 nitrogen and oxygen atoms in total. The second-order valence-electron chi connectivity index (χ2n) is 6.09. The molecule has 0 spiro atoms. The number of rotatable bonds is 4. The Morgan fingerprint density at radius 2 is 1.84 bits per heavy atom. The summed E-state index contributed by atoms with van der Waals surface area (Å²) in [5.41, 5.74) is 0.474. The average molecular weight is 349 g/mol. The van der Waals surface area contributed by atoms with Gasteiger partial charge >= 0.3 is 0 Å². The van der Waals surface area contributed by atoms with Crippen LogP contribution in [0, 0.1) is 5.82 Å². The molecule has 1 aromatic carbocycles. The van der Waals surface area contributed by atoms with Crippen molar-refractivity contribution in [3.63, 3.8) is 0 Å². The molecular formula is C14H22BrFO2Si. The number of methoxy groups -OCH3 is 1. The Hall–Kier alpha value is -0.393. The molecule has 0 aromatic heterocycles. The normalized spacial score (nSPS) is 12.6. The van der Waals surface area contributed by atoms with Crippen molar-refractivity contribution in [2.24, 2.45) is 0 Å². The first-order valence-electron chi connectivity index (χ1n) is 6.25. The van der Waals surface area contributed by atoms with E-state index in [4.69, 9.17) is 9.16 Å². The van der Waals surface area contributed by atoms with Crippen molar-refractivity contribution in [2.75, 3.05) is 7.11 Å². The van der Waals surface area contributed by atoms with E-state index in [2.05, 4.69) is 49.8 Å². The van der Waals surface area contributed by atoms with Crippen molar-refractivity contribution in [2.45, 2.75) is 45.5 Å². The number of halogens is 2. The molecule has 1 aromatic rings. The predicted octanol–water partition coefficient (Wildman–Crippen LogP) is 5.12. The van der Waals surface area contributed by atoms with Gasteiger partial charge in [0.05, 0.1) is 23.8 Å². The fourth-order valence-electron chi connectivity index (χ4n) is 1.40. The highest BCUT2D eigenvalue weighted by molar-refractivity contribution is 9.10. The molecule has 1 rings (SSSR count). The summed E-state index contributed by atoms with van der Waals surface area (Å²) in [4.78, 5) is 0. The maximum absolute atomic E-state index is 13.9. The van der Waals surface area contributed by atoms with E-state index < -0.39 is 8.32 Å². The van der Waals surface area contributed by atoms with Crippen LogP contribution in [0.5, 0.6) is 5.75 Å². The minimum Gasteiger partial charge on any atom is -0.495 e. The lowest BCUT2D eigenvalue weighted by Crippen LogP contribution is -2.40. The van der Waals surface area contributed by atoms with Gasteiger partial charge in [-0.1, -0.05) is 20.8 Å². The standard InChI is InChI=1S/C14H22BrFO2Si/c1-14(2,3)19(5,6)18-9-10-12(16)8-7-11(15)13(10)17-4/h7-8H,9H2,1-6H3. The quantitative estimate of drug-likeness (QED) is 0.703. The summed E-state index contributed by atoms with van der Waals surface area (Å²) < 4.78 is 26.0.